The van der Waals surface area contributed by atoms with Crippen molar-refractivity contribution < 1.29 is 13.9 Å². The van der Waals surface area contributed by atoms with Gasteiger partial charge in [0, 0.05) is 19.2 Å². The molecule has 1 aromatic rings. The minimum absolute atomic E-state index is 0.0927. The maximum atomic E-state index is 13.0. The average molecular weight is 319 g/mol. The van der Waals surface area contributed by atoms with Gasteiger partial charge in [-0.25, -0.2) is 4.39 Å². The van der Waals surface area contributed by atoms with E-state index in [9.17, 15) is 9.18 Å². The predicted octanol–water partition coefficient (Wildman–Crippen LogP) is 2.42. The number of benzene rings is 1. The van der Waals surface area contributed by atoms with E-state index in [0.29, 0.717) is 4.47 Å². The number of nitrogens with two attached hydrogens (primary N) is 1. The molecule has 0 aliphatic heterocycles. The summed E-state index contributed by atoms with van der Waals surface area (Å²) in [6.45, 7) is 3.67. The van der Waals surface area contributed by atoms with E-state index in [-0.39, 0.29) is 30.0 Å². The van der Waals surface area contributed by atoms with E-state index in [4.69, 9.17) is 10.5 Å². The smallest absolute Gasteiger partial charge is 0.260 e. The number of carbonyl (C=O) groups is 1. The van der Waals surface area contributed by atoms with Crippen LogP contribution in [0.15, 0.2) is 16.6 Å². The summed E-state index contributed by atoms with van der Waals surface area (Å²) in [5.41, 5.74) is 5.78. The van der Waals surface area contributed by atoms with E-state index in [2.05, 4.69) is 15.9 Å². The Labute approximate surface area is 114 Å². The van der Waals surface area contributed by atoms with Crippen molar-refractivity contribution in [1.29, 1.82) is 0 Å². The summed E-state index contributed by atoms with van der Waals surface area (Å²) in [7, 11) is 1.69. The molecule has 0 unspecified atom stereocenters. The molecule has 0 bridgehead atoms. The molecule has 1 amide bonds. The zero-order valence-electron chi connectivity index (χ0n) is 10.5. The third kappa shape index (κ3) is 3.60. The van der Waals surface area contributed by atoms with Crippen molar-refractivity contribution in [2.45, 2.75) is 19.9 Å². The fraction of sp³-hybridized carbons (Fsp3) is 0.417. The number of likely N-dealkylation sites (N-methyl/N-ethyl adjacent to an activating group) is 1. The highest BCUT2D eigenvalue weighted by molar-refractivity contribution is 9.10. The van der Waals surface area contributed by atoms with Crippen LogP contribution in [0.25, 0.3) is 0 Å². The van der Waals surface area contributed by atoms with Gasteiger partial charge >= 0.3 is 0 Å². The van der Waals surface area contributed by atoms with Crippen LogP contribution in [-0.2, 0) is 4.79 Å². The topological polar surface area (TPSA) is 55.6 Å². The van der Waals surface area contributed by atoms with E-state index < -0.39 is 5.82 Å². The van der Waals surface area contributed by atoms with Crippen molar-refractivity contribution in [3.63, 3.8) is 0 Å². The van der Waals surface area contributed by atoms with Crippen LogP contribution < -0.4 is 10.5 Å². The largest absolute Gasteiger partial charge is 0.480 e. The van der Waals surface area contributed by atoms with Gasteiger partial charge < -0.3 is 15.4 Å². The van der Waals surface area contributed by atoms with E-state index in [1.54, 1.807) is 11.9 Å². The fourth-order valence-electron chi connectivity index (χ4n) is 1.26. The Morgan fingerprint density at radius 2 is 2.17 bits per heavy atom. The van der Waals surface area contributed by atoms with Crippen LogP contribution in [0.5, 0.6) is 5.75 Å². The monoisotopic (exact) mass is 318 g/mol. The van der Waals surface area contributed by atoms with Crippen molar-refractivity contribution in [2.24, 2.45) is 0 Å². The number of amides is 1. The molecule has 2 N–H and O–H groups in total. The Hall–Kier alpha value is -1.30. The minimum atomic E-state index is -0.461. The van der Waals surface area contributed by atoms with Crippen molar-refractivity contribution in [2.75, 3.05) is 19.4 Å². The zero-order valence-corrected chi connectivity index (χ0v) is 12.1. The average Bonchev–Trinajstić information content (AvgIpc) is 2.25. The van der Waals surface area contributed by atoms with E-state index in [0.717, 1.165) is 6.07 Å². The lowest BCUT2D eigenvalue weighted by molar-refractivity contribution is -0.133. The Bertz CT molecular complexity index is 429. The summed E-state index contributed by atoms with van der Waals surface area (Å²) in [5, 5.41) is 0. The first-order valence-corrected chi connectivity index (χ1v) is 6.25. The lowest BCUT2D eigenvalue weighted by atomic mass is 10.3. The summed E-state index contributed by atoms with van der Waals surface area (Å²) < 4.78 is 18.7. The summed E-state index contributed by atoms with van der Waals surface area (Å²) in [6, 6.07) is 2.48. The van der Waals surface area contributed by atoms with E-state index in [1.165, 1.54) is 6.07 Å². The Kier molecular flexibility index (Phi) is 4.95. The second kappa shape index (κ2) is 6.04. The second-order valence-corrected chi connectivity index (χ2v) is 5.05. The van der Waals surface area contributed by atoms with Gasteiger partial charge in [-0.15, -0.1) is 0 Å². The van der Waals surface area contributed by atoms with Crippen LogP contribution >= 0.6 is 15.9 Å². The van der Waals surface area contributed by atoms with Crippen LogP contribution in [0.1, 0.15) is 13.8 Å². The molecule has 0 aliphatic rings. The highest BCUT2D eigenvalue weighted by atomic mass is 79.9. The SMILES string of the molecule is CC(C)N(C)C(=O)COc1c(N)cc(F)cc1Br. The number of nitrogens with zero attached hydrogens (tertiary/aromatic N) is 1. The molecule has 6 heteroatoms. The molecular weight excluding hydrogens is 303 g/mol. The highest BCUT2D eigenvalue weighted by Crippen LogP contribution is 2.32. The zero-order chi connectivity index (χ0) is 13.9. The molecule has 1 aromatic carbocycles. The van der Waals surface area contributed by atoms with Crippen LogP contribution in [0.2, 0.25) is 0 Å². The summed E-state index contributed by atoms with van der Waals surface area (Å²) >= 11 is 3.14. The molecule has 0 aromatic heterocycles. The van der Waals surface area contributed by atoms with Crippen LogP contribution in [0.4, 0.5) is 10.1 Å². The number of rotatable bonds is 4. The first-order valence-electron chi connectivity index (χ1n) is 5.46. The first kappa shape index (κ1) is 14.8. The summed E-state index contributed by atoms with van der Waals surface area (Å²) in [5.74, 6) is -0.347. The molecule has 0 radical (unpaired) electrons. The molecule has 1 rings (SSSR count). The molecule has 100 valence electrons. The number of carbonyl (C=O) groups excluding carboxylic acids is 1. The molecule has 18 heavy (non-hydrogen) atoms. The lowest BCUT2D eigenvalue weighted by Gasteiger charge is -2.21. The van der Waals surface area contributed by atoms with Gasteiger partial charge in [0.2, 0.25) is 0 Å². The third-order valence-corrected chi connectivity index (χ3v) is 3.13. The van der Waals surface area contributed by atoms with E-state index >= 15 is 0 Å². The Balaban J connectivity index is 2.73. The van der Waals surface area contributed by atoms with Gasteiger partial charge in [0.05, 0.1) is 10.2 Å². The molecule has 0 spiro atoms. The summed E-state index contributed by atoms with van der Waals surface area (Å²) in [4.78, 5) is 13.3. The standard InChI is InChI=1S/C12H16BrFN2O2/c1-7(2)16(3)11(17)6-18-12-9(13)4-8(14)5-10(12)15/h4-5,7H,6,15H2,1-3H3. The number of nitrogen functional groups attached to an aromatic ring is 1. The van der Waals surface area contributed by atoms with Crippen molar-refractivity contribution >= 4 is 27.5 Å². The molecular formula is C12H16BrFN2O2. The maximum absolute atomic E-state index is 13.0. The second-order valence-electron chi connectivity index (χ2n) is 4.19. The van der Waals surface area contributed by atoms with Gasteiger partial charge in [-0.2, -0.15) is 0 Å². The third-order valence-electron chi connectivity index (χ3n) is 2.55. The van der Waals surface area contributed by atoms with Crippen LogP contribution in [0.3, 0.4) is 0 Å². The van der Waals surface area contributed by atoms with Crippen molar-refractivity contribution in [1.82, 2.24) is 4.90 Å². The fourth-order valence-corrected chi connectivity index (χ4v) is 1.82. The molecule has 0 saturated carbocycles. The van der Waals surface area contributed by atoms with Gasteiger partial charge in [-0.3, -0.25) is 4.79 Å². The molecule has 0 fully saturated rings. The Morgan fingerprint density at radius 1 is 1.56 bits per heavy atom. The quantitative estimate of drug-likeness (QED) is 0.867. The Morgan fingerprint density at radius 3 is 2.67 bits per heavy atom. The number of ether oxygens (including phenoxy) is 1. The number of hydrogen-bond donors (Lipinski definition) is 1. The van der Waals surface area contributed by atoms with E-state index in [1.807, 2.05) is 13.8 Å². The number of halogens is 2. The van der Waals surface area contributed by atoms with Gasteiger partial charge in [0.1, 0.15) is 5.82 Å². The maximum Gasteiger partial charge on any atom is 0.260 e. The van der Waals surface area contributed by atoms with Crippen molar-refractivity contribution in [3.05, 3.63) is 22.4 Å². The number of anilines is 1. The first-order chi connectivity index (χ1) is 8.32. The summed E-state index contributed by atoms with van der Waals surface area (Å²) in [6.07, 6.45) is 0. The molecule has 4 nitrogen and oxygen atoms in total. The molecule has 0 aliphatic carbocycles. The van der Waals surface area contributed by atoms with Crippen LogP contribution in [-0.4, -0.2) is 30.5 Å². The van der Waals surface area contributed by atoms with Crippen LogP contribution in [0, 0.1) is 5.82 Å². The minimum Gasteiger partial charge on any atom is -0.480 e. The number of hydrogen-bond acceptors (Lipinski definition) is 3. The lowest BCUT2D eigenvalue weighted by Crippen LogP contribution is -2.36. The van der Waals surface area contributed by atoms with Gasteiger partial charge in [0.15, 0.2) is 12.4 Å². The normalized spacial score (nSPS) is 10.6. The van der Waals surface area contributed by atoms with Gasteiger partial charge in [-0.05, 0) is 35.8 Å². The van der Waals surface area contributed by atoms with Crippen molar-refractivity contribution in [3.8, 4) is 5.75 Å². The molecule has 0 atom stereocenters. The molecule has 0 saturated heterocycles. The molecule has 0 heterocycles. The highest BCUT2D eigenvalue weighted by Gasteiger charge is 2.15. The van der Waals surface area contributed by atoms with Gasteiger partial charge in [0.25, 0.3) is 5.91 Å². The predicted molar refractivity (Wildman–Crippen MR) is 71.9 cm³/mol. The van der Waals surface area contributed by atoms with Gasteiger partial charge in [-0.1, -0.05) is 0 Å².